The van der Waals surface area contributed by atoms with Gasteiger partial charge in [-0.05, 0) is 29.1 Å². The number of aldehydes is 1. The molecule has 2 heterocycles. The number of nitrogens with zero attached hydrogens (tertiary/aromatic N) is 2. The summed E-state index contributed by atoms with van der Waals surface area (Å²) in [5.41, 5.74) is 3.51. The van der Waals surface area contributed by atoms with E-state index in [0.717, 1.165) is 27.6 Å². The molecule has 0 unspecified atom stereocenters. The van der Waals surface area contributed by atoms with Crippen LogP contribution in [0.2, 0.25) is 0 Å². The van der Waals surface area contributed by atoms with Crippen molar-refractivity contribution >= 4 is 33.6 Å². The maximum Gasteiger partial charge on any atom is 0.153 e. The number of hydrogen-bond acceptors (Lipinski definition) is 3. The van der Waals surface area contributed by atoms with Gasteiger partial charge in [0.1, 0.15) is 5.69 Å². The van der Waals surface area contributed by atoms with E-state index in [1.807, 2.05) is 41.1 Å². The first-order chi connectivity index (χ1) is 9.76. The quantitative estimate of drug-likeness (QED) is 0.662. The normalized spacial score (nSPS) is 10.7. The number of hydrogen-bond donors (Lipinski definition) is 0. The van der Waals surface area contributed by atoms with Crippen LogP contribution in [0.1, 0.15) is 15.9 Å². The summed E-state index contributed by atoms with van der Waals surface area (Å²) in [4.78, 5) is 11.2. The van der Waals surface area contributed by atoms with Crippen molar-refractivity contribution in [3.05, 3.63) is 62.9 Å². The zero-order chi connectivity index (χ0) is 13.9. The van der Waals surface area contributed by atoms with Gasteiger partial charge in [-0.2, -0.15) is 16.4 Å². The van der Waals surface area contributed by atoms with Crippen LogP contribution in [0.15, 0.2) is 51.8 Å². The molecule has 0 saturated heterocycles. The Bertz CT molecular complexity index is 717. The molecule has 0 fully saturated rings. The average Bonchev–Trinajstić information content (AvgIpc) is 3.10. The lowest BCUT2D eigenvalue weighted by Crippen LogP contribution is -2.00. The van der Waals surface area contributed by atoms with Crippen LogP contribution in [0.5, 0.6) is 0 Å². The van der Waals surface area contributed by atoms with E-state index in [-0.39, 0.29) is 0 Å². The SMILES string of the molecule is O=Cc1cn(Cc2ccc(Br)cc2)nc1-c1ccsc1. The highest BCUT2D eigenvalue weighted by molar-refractivity contribution is 9.10. The van der Waals surface area contributed by atoms with Gasteiger partial charge in [0, 0.05) is 21.6 Å². The first kappa shape index (κ1) is 13.3. The van der Waals surface area contributed by atoms with Gasteiger partial charge in [0.05, 0.1) is 12.1 Å². The molecule has 20 heavy (non-hydrogen) atoms. The van der Waals surface area contributed by atoms with Crippen molar-refractivity contribution in [1.82, 2.24) is 9.78 Å². The first-order valence-corrected chi connectivity index (χ1v) is 7.79. The number of thiophene rings is 1. The Hall–Kier alpha value is -1.72. The number of carbonyl (C=O) groups excluding carboxylic acids is 1. The Morgan fingerprint density at radius 3 is 2.70 bits per heavy atom. The van der Waals surface area contributed by atoms with E-state index in [0.29, 0.717) is 12.1 Å². The molecule has 0 aliphatic carbocycles. The molecule has 3 rings (SSSR count). The van der Waals surface area contributed by atoms with E-state index < -0.39 is 0 Å². The van der Waals surface area contributed by atoms with Crippen LogP contribution in [0, 0.1) is 0 Å². The van der Waals surface area contributed by atoms with Crippen molar-refractivity contribution in [2.45, 2.75) is 6.54 Å². The third-order valence-electron chi connectivity index (χ3n) is 2.97. The Morgan fingerprint density at radius 1 is 1.25 bits per heavy atom. The van der Waals surface area contributed by atoms with Crippen LogP contribution < -0.4 is 0 Å². The number of aromatic nitrogens is 2. The van der Waals surface area contributed by atoms with Gasteiger partial charge in [0.25, 0.3) is 0 Å². The van der Waals surface area contributed by atoms with Gasteiger partial charge in [-0.1, -0.05) is 28.1 Å². The van der Waals surface area contributed by atoms with Crippen LogP contribution in [-0.2, 0) is 6.54 Å². The van der Waals surface area contributed by atoms with Crippen LogP contribution in [0.25, 0.3) is 11.3 Å². The Kier molecular flexibility index (Phi) is 3.80. The summed E-state index contributed by atoms with van der Waals surface area (Å²) in [7, 11) is 0. The predicted octanol–water partition coefficient (Wildman–Crippen LogP) is 4.23. The number of benzene rings is 1. The van der Waals surface area contributed by atoms with Crippen LogP contribution in [-0.4, -0.2) is 16.1 Å². The Labute approximate surface area is 129 Å². The van der Waals surface area contributed by atoms with E-state index in [2.05, 4.69) is 21.0 Å². The van der Waals surface area contributed by atoms with Gasteiger partial charge >= 0.3 is 0 Å². The van der Waals surface area contributed by atoms with Crippen molar-refractivity contribution in [2.24, 2.45) is 0 Å². The maximum absolute atomic E-state index is 11.2. The molecule has 3 aromatic rings. The fourth-order valence-corrected chi connectivity index (χ4v) is 2.91. The molecule has 2 aromatic heterocycles. The molecule has 1 aromatic carbocycles. The molecule has 0 radical (unpaired) electrons. The summed E-state index contributed by atoms with van der Waals surface area (Å²) in [6.45, 7) is 0.651. The zero-order valence-corrected chi connectivity index (χ0v) is 12.9. The summed E-state index contributed by atoms with van der Waals surface area (Å²) in [5.74, 6) is 0. The highest BCUT2D eigenvalue weighted by atomic mass is 79.9. The van der Waals surface area contributed by atoms with Gasteiger partial charge in [-0.15, -0.1) is 0 Å². The van der Waals surface area contributed by atoms with Crippen LogP contribution in [0.3, 0.4) is 0 Å². The molecule has 0 N–H and O–H groups in total. The summed E-state index contributed by atoms with van der Waals surface area (Å²) in [6.07, 6.45) is 2.65. The van der Waals surface area contributed by atoms with Gasteiger partial charge in [0.15, 0.2) is 6.29 Å². The van der Waals surface area contributed by atoms with E-state index in [9.17, 15) is 4.79 Å². The third kappa shape index (κ3) is 2.73. The predicted molar refractivity (Wildman–Crippen MR) is 84.2 cm³/mol. The fraction of sp³-hybridized carbons (Fsp3) is 0.0667. The number of carbonyl (C=O) groups is 1. The van der Waals surface area contributed by atoms with Gasteiger partial charge < -0.3 is 0 Å². The first-order valence-electron chi connectivity index (χ1n) is 6.06. The minimum atomic E-state index is 0.625. The van der Waals surface area contributed by atoms with Crippen LogP contribution >= 0.6 is 27.3 Å². The Balaban J connectivity index is 1.91. The molecular formula is C15H11BrN2OS. The second kappa shape index (κ2) is 5.73. The van der Waals surface area contributed by atoms with E-state index in [1.165, 1.54) is 0 Å². The summed E-state index contributed by atoms with van der Waals surface area (Å²) in [5, 5.41) is 8.50. The molecule has 3 nitrogen and oxygen atoms in total. The van der Waals surface area contributed by atoms with Crippen molar-refractivity contribution in [3.63, 3.8) is 0 Å². The molecule has 0 saturated carbocycles. The fourth-order valence-electron chi connectivity index (χ4n) is 2.00. The Morgan fingerprint density at radius 2 is 2.05 bits per heavy atom. The number of rotatable bonds is 4. The van der Waals surface area contributed by atoms with Crippen LogP contribution in [0.4, 0.5) is 0 Å². The summed E-state index contributed by atoms with van der Waals surface area (Å²) < 4.78 is 2.86. The second-order valence-electron chi connectivity index (χ2n) is 4.39. The lowest BCUT2D eigenvalue weighted by Gasteiger charge is -2.01. The van der Waals surface area contributed by atoms with Crippen molar-refractivity contribution in [2.75, 3.05) is 0 Å². The smallest absolute Gasteiger partial charge is 0.153 e. The standard InChI is InChI=1S/C15H11BrN2OS/c16-14-3-1-11(2-4-14)7-18-8-13(9-19)15(17-18)12-5-6-20-10-12/h1-6,8-10H,7H2. The van der Waals surface area contributed by atoms with Gasteiger partial charge in [-0.3, -0.25) is 9.48 Å². The highest BCUT2D eigenvalue weighted by Crippen LogP contribution is 2.23. The molecule has 0 spiro atoms. The largest absolute Gasteiger partial charge is 0.298 e. The second-order valence-corrected chi connectivity index (χ2v) is 6.08. The van der Waals surface area contributed by atoms with Crippen molar-refractivity contribution in [3.8, 4) is 11.3 Å². The van der Waals surface area contributed by atoms with Crippen molar-refractivity contribution in [1.29, 1.82) is 0 Å². The summed E-state index contributed by atoms with van der Waals surface area (Å²) >= 11 is 5.01. The monoisotopic (exact) mass is 346 g/mol. The molecule has 0 bridgehead atoms. The van der Waals surface area contributed by atoms with Crippen molar-refractivity contribution < 1.29 is 4.79 Å². The maximum atomic E-state index is 11.2. The third-order valence-corrected chi connectivity index (χ3v) is 4.18. The molecule has 0 atom stereocenters. The molecule has 5 heteroatoms. The van der Waals surface area contributed by atoms with E-state index in [1.54, 1.807) is 22.2 Å². The molecule has 0 amide bonds. The lowest BCUT2D eigenvalue weighted by atomic mass is 10.2. The molecule has 0 aliphatic rings. The minimum absolute atomic E-state index is 0.625. The van der Waals surface area contributed by atoms with E-state index in [4.69, 9.17) is 0 Å². The number of halogens is 1. The molecule has 0 aliphatic heterocycles. The minimum Gasteiger partial charge on any atom is -0.298 e. The van der Waals surface area contributed by atoms with E-state index >= 15 is 0 Å². The zero-order valence-electron chi connectivity index (χ0n) is 10.5. The highest BCUT2D eigenvalue weighted by Gasteiger charge is 2.11. The van der Waals surface area contributed by atoms with Gasteiger partial charge in [-0.25, -0.2) is 0 Å². The topological polar surface area (TPSA) is 34.9 Å². The lowest BCUT2D eigenvalue weighted by molar-refractivity contribution is 0.112. The summed E-state index contributed by atoms with van der Waals surface area (Å²) in [6, 6.07) is 10.1. The average molecular weight is 347 g/mol. The molecule has 100 valence electrons. The molecular weight excluding hydrogens is 336 g/mol. The van der Waals surface area contributed by atoms with Gasteiger partial charge in [0.2, 0.25) is 0 Å².